The number of para-hydroxylation sites is 1. The number of nitrogens with one attached hydrogen (secondary N) is 6. The van der Waals surface area contributed by atoms with E-state index in [1.54, 1.807) is 6.20 Å². The fourth-order valence-electron chi connectivity index (χ4n) is 8.32. The van der Waals surface area contributed by atoms with Crippen LogP contribution in [0, 0.1) is 5.92 Å². The Balaban J connectivity index is 1.46. The molecule has 0 radical (unpaired) electrons. The first-order valence-corrected chi connectivity index (χ1v) is 22.0. The number of nitrogens with two attached hydrogens (primary N) is 3. The maximum atomic E-state index is 14.5. The highest BCUT2D eigenvalue weighted by molar-refractivity contribution is 5.98. The molecule has 12 N–H and O–H groups in total. The maximum Gasteiger partial charge on any atom is 0.245 e. The highest BCUT2D eigenvalue weighted by Crippen LogP contribution is 2.23. The first kappa shape index (κ1) is 47.7. The number of aromatic nitrogens is 1. The minimum atomic E-state index is -1.13. The number of amides is 6. The van der Waals surface area contributed by atoms with Crippen LogP contribution in [0.1, 0.15) is 82.3 Å². The molecule has 340 valence electrons. The second-order valence-electron chi connectivity index (χ2n) is 16.4. The van der Waals surface area contributed by atoms with Crippen LogP contribution in [0.4, 0.5) is 0 Å². The van der Waals surface area contributed by atoms with E-state index in [0.717, 1.165) is 22.0 Å². The molecule has 6 atom stereocenters. The summed E-state index contributed by atoms with van der Waals surface area (Å²) >= 11 is 0. The number of nitrogens with zero attached hydrogens (tertiary/aromatic N) is 2. The number of benzene rings is 2. The third kappa shape index (κ3) is 14.1. The van der Waals surface area contributed by atoms with Crippen molar-refractivity contribution in [3.63, 3.8) is 0 Å². The summed E-state index contributed by atoms with van der Waals surface area (Å²) in [7, 11) is 0. The van der Waals surface area contributed by atoms with Gasteiger partial charge in [-0.05, 0) is 81.5 Å². The SMILES string of the molecule is CC(=O)N[C@@H](Cc1ccccc1)C(=O)N[C@H]1CCCNC(=O)[C@H](CCCN=C(N)N)CC(=O)[C@H](Cc2c[nH]c3ccccc23)NC(=O)[C@@H](CCCCN)NC(=O)[C@@H]2CCCN2C1=O. The topological polar surface area (TPSA) is 289 Å². The number of unbranched alkanes of at least 4 members (excludes halogenated alkanes) is 1. The molecule has 5 rings (SSSR count). The van der Waals surface area contributed by atoms with Crippen LogP contribution < -0.4 is 43.8 Å². The summed E-state index contributed by atoms with van der Waals surface area (Å²) in [4.78, 5) is 106. The first-order valence-electron chi connectivity index (χ1n) is 22.0. The lowest BCUT2D eigenvalue weighted by atomic mass is 9.90. The molecule has 1 aromatic heterocycles. The van der Waals surface area contributed by atoms with Gasteiger partial charge in [-0.1, -0.05) is 48.5 Å². The Morgan fingerprint density at radius 2 is 1.62 bits per heavy atom. The van der Waals surface area contributed by atoms with Gasteiger partial charge in [0.15, 0.2) is 11.7 Å². The molecule has 18 heteroatoms. The highest BCUT2D eigenvalue weighted by atomic mass is 16.2. The van der Waals surface area contributed by atoms with Gasteiger partial charge in [-0.15, -0.1) is 0 Å². The molecule has 0 unspecified atom stereocenters. The molecule has 0 spiro atoms. The predicted molar refractivity (Wildman–Crippen MR) is 238 cm³/mol. The average Bonchev–Trinajstić information content (AvgIpc) is 3.92. The third-order valence-corrected chi connectivity index (χ3v) is 11.6. The van der Waals surface area contributed by atoms with Crippen molar-refractivity contribution in [3.05, 3.63) is 71.9 Å². The number of carbonyl (C=O) groups excluding carboxylic acids is 7. The minimum absolute atomic E-state index is 0.0821. The number of ketones is 1. The lowest BCUT2D eigenvalue weighted by molar-refractivity contribution is -0.142. The van der Waals surface area contributed by atoms with Gasteiger partial charge < -0.3 is 53.7 Å². The van der Waals surface area contributed by atoms with Gasteiger partial charge in [-0.2, -0.15) is 0 Å². The molecule has 0 aliphatic carbocycles. The van der Waals surface area contributed by atoms with E-state index >= 15 is 0 Å². The number of H-pyrrole nitrogens is 1. The van der Waals surface area contributed by atoms with E-state index in [2.05, 4.69) is 36.6 Å². The van der Waals surface area contributed by atoms with E-state index in [1.165, 1.54) is 11.8 Å². The van der Waals surface area contributed by atoms with Gasteiger partial charge in [0.1, 0.15) is 24.2 Å². The van der Waals surface area contributed by atoms with Crippen LogP contribution in [0.3, 0.4) is 0 Å². The van der Waals surface area contributed by atoms with Crippen LogP contribution in [0.15, 0.2) is 65.8 Å². The van der Waals surface area contributed by atoms with Crippen molar-refractivity contribution < 1.29 is 33.6 Å². The van der Waals surface area contributed by atoms with Crippen molar-refractivity contribution in [3.8, 4) is 0 Å². The van der Waals surface area contributed by atoms with Gasteiger partial charge in [0.05, 0.1) is 6.04 Å². The van der Waals surface area contributed by atoms with E-state index in [-0.39, 0.29) is 76.3 Å². The number of aromatic amines is 1. The molecular formula is C45H63N11O7. The van der Waals surface area contributed by atoms with Crippen molar-refractivity contribution in [1.29, 1.82) is 0 Å². The summed E-state index contributed by atoms with van der Waals surface area (Å²) in [5.74, 6) is -4.34. The van der Waals surface area contributed by atoms with Crippen LogP contribution in [0.5, 0.6) is 0 Å². The molecule has 6 amide bonds. The number of fused-ring (bicyclic) bond motifs is 2. The van der Waals surface area contributed by atoms with Gasteiger partial charge in [0.25, 0.3) is 0 Å². The van der Waals surface area contributed by atoms with Crippen molar-refractivity contribution in [2.24, 2.45) is 28.1 Å². The fraction of sp³-hybridized carbons (Fsp3) is 0.511. The van der Waals surface area contributed by atoms with Crippen LogP contribution in [0.25, 0.3) is 10.9 Å². The normalized spacial score (nSPS) is 22.2. The van der Waals surface area contributed by atoms with Crippen LogP contribution in [0.2, 0.25) is 0 Å². The molecule has 3 heterocycles. The summed E-state index contributed by atoms with van der Waals surface area (Å²) < 4.78 is 0. The van der Waals surface area contributed by atoms with Crippen LogP contribution in [-0.2, 0) is 46.4 Å². The number of aliphatic imine (C=N–C) groups is 1. The summed E-state index contributed by atoms with van der Waals surface area (Å²) in [5.41, 5.74) is 19.3. The molecule has 2 aromatic carbocycles. The summed E-state index contributed by atoms with van der Waals surface area (Å²) in [6.45, 7) is 2.22. The minimum Gasteiger partial charge on any atom is -0.370 e. The van der Waals surface area contributed by atoms with Crippen molar-refractivity contribution in [1.82, 2.24) is 36.5 Å². The Hall–Kier alpha value is -6.30. The van der Waals surface area contributed by atoms with Crippen molar-refractivity contribution in [2.75, 3.05) is 26.2 Å². The first-order chi connectivity index (χ1) is 30.3. The van der Waals surface area contributed by atoms with Crippen LogP contribution >= 0.6 is 0 Å². The Kier molecular flexibility index (Phi) is 18.0. The summed E-state index contributed by atoms with van der Waals surface area (Å²) in [6.07, 6.45) is 4.92. The van der Waals surface area contributed by atoms with Crippen LogP contribution in [-0.4, -0.2) is 113 Å². The van der Waals surface area contributed by atoms with Gasteiger partial charge in [0, 0.05) is 68.8 Å². The second kappa shape index (κ2) is 23.8. The molecule has 2 aliphatic rings. The summed E-state index contributed by atoms with van der Waals surface area (Å²) in [5, 5.41) is 15.2. The quantitative estimate of drug-likeness (QED) is 0.0582. The maximum absolute atomic E-state index is 14.5. The monoisotopic (exact) mass is 869 g/mol. The Labute approximate surface area is 367 Å². The lowest BCUT2D eigenvalue weighted by Crippen LogP contribution is -2.59. The molecule has 0 saturated carbocycles. The number of Topliss-reactive ketones (excluding diaryl/α,β-unsaturated/α-hetero) is 1. The van der Waals surface area contributed by atoms with E-state index in [1.807, 2.05) is 54.6 Å². The lowest BCUT2D eigenvalue weighted by Gasteiger charge is -2.31. The van der Waals surface area contributed by atoms with Gasteiger partial charge in [0.2, 0.25) is 35.4 Å². The molecule has 0 bridgehead atoms. The van der Waals surface area contributed by atoms with Gasteiger partial charge >= 0.3 is 0 Å². The van der Waals surface area contributed by atoms with E-state index in [0.29, 0.717) is 38.6 Å². The van der Waals surface area contributed by atoms with E-state index in [4.69, 9.17) is 17.2 Å². The molecule has 2 aliphatic heterocycles. The zero-order valence-corrected chi connectivity index (χ0v) is 36.0. The smallest absolute Gasteiger partial charge is 0.245 e. The number of guanidine groups is 1. The zero-order valence-electron chi connectivity index (χ0n) is 36.0. The number of hydrogen-bond donors (Lipinski definition) is 9. The fourth-order valence-corrected chi connectivity index (χ4v) is 8.32. The number of rotatable bonds is 15. The standard InChI is InChI=1S/C45H63N11O7/c1-28(57)52-37(24-29-12-3-2-4-13-29)42(61)54-35-18-10-21-49-40(59)30(14-9-22-50-45(47)48)26-39(58)36(25-31-27-51-33-16-6-5-15-32(31)33)55-41(60)34(17-7-8-20-46)53-43(62)38-19-11-23-56(38)44(35)63/h2-6,12-13,15-16,27,30,34-38,51H,7-11,14,17-26,46H2,1H3,(H,49,59)(H,52,57)(H,53,62)(H,54,61)(H,55,60)(H4,47,48,50)/t30-,34-,35+,36+,37+,38+/m1/s1. The highest BCUT2D eigenvalue weighted by Gasteiger charge is 2.40. The van der Waals surface area contributed by atoms with E-state index < -0.39 is 71.6 Å². The zero-order chi connectivity index (χ0) is 45.3. The molecular weight excluding hydrogens is 807 g/mol. The Morgan fingerprint density at radius 3 is 2.37 bits per heavy atom. The number of hydrogen-bond acceptors (Lipinski definition) is 9. The Morgan fingerprint density at radius 1 is 0.873 bits per heavy atom. The molecule has 3 aromatic rings. The molecule has 2 saturated heterocycles. The molecule has 2 fully saturated rings. The molecule has 18 nitrogen and oxygen atoms in total. The van der Waals surface area contributed by atoms with Gasteiger partial charge in [-0.25, -0.2) is 0 Å². The van der Waals surface area contributed by atoms with Crippen molar-refractivity contribution in [2.45, 2.75) is 114 Å². The van der Waals surface area contributed by atoms with Crippen molar-refractivity contribution >= 4 is 58.1 Å². The summed E-state index contributed by atoms with van der Waals surface area (Å²) in [6, 6.07) is 11.5. The van der Waals surface area contributed by atoms with Gasteiger partial charge in [-0.3, -0.25) is 38.6 Å². The molecule has 63 heavy (non-hydrogen) atoms. The third-order valence-electron chi connectivity index (χ3n) is 11.6. The van der Waals surface area contributed by atoms with E-state index in [9.17, 15) is 33.6 Å². The number of carbonyl (C=O) groups is 7. The second-order valence-corrected chi connectivity index (χ2v) is 16.4. The largest absolute Gasteiger partial charge is 0.370 e. The Bertz CT molecular complexity index is 2090. The average molecular weight is 870 g/mol. The predicted octanol–water partition coefficient (Wildman–Crippen LogP) is 0.571.